The molecule has 1 unspecified atom stereocenters. The first-order valence-corrected chi connectivity index (χ1v) is 7.40. The molecule has 0 fully saturated rings. The topological polar surface area (TPSA) is 0 Å². The van der Waals surface area contributed by atoms with Crippen LogP contribution in [-0.4, -0.2) is 0 Å². The standard InChI is InChI=1S/C17H28/c1-3-5-11-16(10-4-2)14-9-15-17-12-7-6-8-13-17/h6-8,12-13,16H,3-5,9-11,14-15H2,1-2H3. The second-order valence-corrected chi connectivity index (χ2v) is 5.17. The maximum Gasteiger partial charge on any atom is -0.0279 e. The zero-order valence-corrected chi connectivity index (χ0v) is 11.6. The molecule has 0 saturated heterocycles. The van der Waals surface area contributed by atoms with Crippen LogP contribution in [0.1, 0.15) is 64.4 Å². The molecule has 0 spiro atoms. The molecule has 0 amide bonds. The summed E-state index contributed by atoms with van der Waals surface area (Å²) in [6, 6.07) is 10.9. The minimum atomic E-state index is 0.976. The maximum atomic E-state index is 2.32. The van der Waals surface area contributed by atoms with Gasteiger partial charge in [-0.1, -0.05) is 82.7 Å². The Bertz CT molecular complexity index is 263. The van der Waals surface area contributed by atoms with Crippen molar-refractivity contribution < 1.29 is 0 Å². The molecule has 1 aromatic rings. The molecule has 96 valence electrons. The van der Waals surface area contributed by atoms with E-state index in [1.54, 1.807) is 0 Å². The number of benzene rings is 1. The third-order valence-electron chi connectivity index (χ3n) is 3.58. The number of hydrogen-bond donors (Lipinski definition) is 0. The summed E-state index contributed by atoms with van der Waals surface area (Å²) >= 11 is 0. The van der Waals surface area contributed by atoms with Crippen molar-refractivity contribution in [3.63, 3.8) is 0 Å². The molecule has 0 aliphatic carbocycles. The van der Waals surface area contributed by atoms with Crippen LogP contribution < -0.4 is 0 Å². The van der Waals surface area contributed by atoms with Gasteiger partial charge in [-0.05, 0) is 24.3 Å². The van der Waals surface area contributed by atoms with Gasteiger partial charge in [0.2, 0.25) is 0 Å². The molecule has 0 bridgehead atoms. The first kappa shape index (κ1) is 14.3. The fourth-order valence-corrected chi connectivity index (χ4v) is 2.57. The third-order valence-corrected chi connectivity index (χ3v) is 3.58. The molecule has 0 aliphatic rings. The minimum Gasteiger partial charge on any atom is -0.0654 e. The van der Waals surface area contributed by atoms with Crippen LogP contribution in [0.15, 0.2) is 30.3 Å². The molecule has 0 aromatic heterocycles. The summed E-state index contributed by atoms with van der Waals surface area (Å²) < 4.78 is 0. The van der Waals surface area contributed by atoms with E-state index < -0.39 is 0 Å². The highest BCUT2D eigenvalue weighted by Crippen LogP contribution is 2.21. The average Bonchev–Trinajstić information content (AvgIpc) is 2.37. The van der Waals surface area contributed by atoms with Gasteiger partial charge < -0.3 is 0 Å². The zero-order chi connectivity index (χ0) is 12.3. The Morgan fingerprint density at radius 2 is 1.53 bits per heavy atom. The largest absolute Gasteiger partial charge is 0.0654 e. The number of hydrogen-bond acceptors (Lipinski definition) is 0. The van der Waals surface area contributed by atoms with Crippen molar-refractivity contribution in [2.24, 2.45) is 5.92 Å². The molecular weight excluding hydrogens is 204 g/mol. The van der Waals surface area contributed by atoms with Crippen LogP contribution in [0, 0.1) is 5.92 Å². The highest BCUT2D eigenvalue weighted by molar-refractivity contribution is 5.14. The Morgan fingerprint density at radius 3 is 2.18 bits per heavy atom. The van der Waals surface area contributed by atoms with Crippen molar-refractivity contribution in [3.8, 4) is 0 Å². The van der Waals surface area contributed by atoms with Gasteiger partial charge in [-0.15, -0.1) is 0 Å². The predicted molar refractivity (Wildman–Crippen MR) is 77.3 cm³/mol. The van der Waals surface area contributed by atoms with Crippen LogP contribution in [0.4, 0.5) is 0 Å². The Morgan fingerprint density at radius 1 is 0.824 bits per heavy atom. The quantitative estimate of drug-likeness (QED) is 0.518. The van der Waals surface area contributed by atoms with Gasteiger partial charge in [-0.3, -0.25) is 0 Å². The molecule has 0 nitrogen and oxygen atoms in total. The molecule has 0 aliphatic heterocycles. The van der Waals surface area contributed by atoms with Crippen molar-refractivity contribution in [1.29, 1.82) is 0 Å². The van der Waals surface area contributed by atoms with Crippen LogP contribution in [-0.2, 0) is 6.42 Å². The Kier molecular flexibility index (Phi) is 7.79. The van der Waals surface area contributed by atoms with Gasteiger partial charge in [0.1, 0.15) is 0 Å². The van der Waals surface area contributed by atoms with Crippen LogP contribution in [0.5, 0.6) is 0 Å². The molecule has 1 aromatic carbocycles. The molecule has 0 N–H and O–H groups in total. The summed E-state index contributed by atoms with van der Waals surface area (Å²) in [5.74, 6) is 0.976. The molecule has 17 heavy (non-hydrogen) atoms. The van der Waals surface area contributed by atoms with E-state index in [0.717, 1.165) is 5.92 Å². The summed E-state index contributed by atoms with van der Waals surface area (Å²) in [6.45, 7) is 4.61. The van der Waals surface area contributed by atoms with Gasteiger partial charge in [-0.2, -0.15) is 0 Å². The van der Waals surface area contributed by atoms with Gasteiger partial charge in [0.25, 0.3) is 0 Å². The van der Waals surface area contributed by atoms with E-state index >= 15 is 0 Å². The van der Waals surface area contributed by atoms with E-state index in [9.17, 15) is 0 Å². The van der Waals surface area contributed by atoms with Gasteiger partial charge in [0.05, 0.1) is 0 Å². The summed E-state index contributed by atoms with van der Waals surface area (Å²) in [5.41, 5.74) is 1.50. The Balaban J connectivity index is 2.22. The van der Waals surface area contributed by atoms with E-state index in [1.165, 1.54) is 56.9 Å². The normalized spacial score (nSPS) is 12.6. The third kappa shape index (κ3) is 6.51. The van der Waals surface area contributed by atoms with Crippen LogP contribution in [0.25, 0.3) is 0 Å². The number of rotatable bonds is 9. The lowest BCUT2D eigenvalue weighted by Gasteiger charge is -2.15. The minimum absolute atomic E-state index is 0.976. The van der Waals surface area contributed by atoms with Gasteiger partial charge in [0, 0.05) is 0 Å². The SMILES string of the molecule is CCCCC(CCC)CCCc1ccccc1. The molecular formula is C17H28. The lowest BCUT2D eigenvalue weighted by molar-refractivity contribution is 0.392. The van der Waals surface area contributed by atoms with Crippen LogP contribution >= 0.6 is 0 Å². The summed E-state index contributed by atoms with van der Waals surface area (Å²) in [4.78, 5) is 0. The zero-order valence-electron chi connectivity index (χ0n) is 11.6. The maximum absolute atomic E-state index is 2.32. The number of unbranched alkanes of at least 4 members (excludes halogenated alkanes) is 1. The highest BCUT2D eigenvalue weighted by Gasteiger charge is 2.06. The fraction of sp³-hybridized carbons (Fsp3) is 0.647. The van der Waals surface area contributed by atoms with Crippen LogP contribution in [0.3, 0.4) is 0 Å². The van der Waals surface area contributed by atoms with Crippen molar-refractivity contribution in [3.05, 3.63) is 35.9 Å². The van der Waals surface area contributed by atoms with E-state index in [0.29, 0.717) is 0 Å². The average molecular weight is 232 g/mol. The molecule has 1 atom stereocenters. The van der Waals surface area contributed by atoms with Gasteiger partial charge >= 0.3 is 0 Å². The number of aryl methyl sites for hydroxylation is 1. The highest BCUT2D eigenvalue weighted by atomic mass is 14.1. The second kappa shape index (κ2) is 9.27. The Labute approximate surface area is 107 Å². The van der Waals surface area contributed by atoms with Gasteiger partial charge in [-0.25, -0.2) is 0 Å². The van der Waals surface area contributed by atoms with Gasteiger partial charge in [0.15, 0.2) is 0 Å². The van der Waals surface area contributed by atoms with E-state index in [4.69, 9.17) is 0 Å². The molecule has 1 rings (SSSR count). The van der Waals surface area contributed by atoms with Crippen molar-refractivity contribution in [2.45, 2.75) is 65.2 Å². The first-order valence-electron chi connectivity index (χ1n) is 7.40. The van der Waals surface area contributed by atoms with Crippen molar-refractivity contribution in [2.75, 3.05) is 0 Å². The smallest absolute Gasteiger partial charge is 0.0279 e. The van der Waals surface area contributed by atoms with Crippen molar-refractivity contribution in [1.82, 2.24) is 0 Å². The summed E-state index contributed by atoms with van der Waals surface area (Å²) in [7, 11) is 0. The second-order valence-electron chi connectivity index (χ2n) is 5.17. The Hall–Kier alpha value is -0.780. The van der Waals surface area contributed by atoms with E-state index in [-0.39, 0.29) is 0 Å². The molecule has 0 heteroatoms. The fourth-order valence-electron chi connectivity index (χ4n) is 2.57. The van der Waals surface area contributed by atoms with E-state index in [1.807, 2.05) is 0 Å². The van der Waals surface area contributed by atoms with E-state index in [2.05, 4.69) is 44.2 Å². The molecule has 0 heterocycles. The van der Waals surface area contributed by atoms with Crippen molar-refractivity contribution >= 4 is 0 Å². The molecule has 0 saturated carbocycles. The predicted octanol–water partition coefficient (Wildman–Crippen LogP) is 5.62. The summed E-state index contributed by atoms with van der Waals surface area (Å²) in [5, 5.41) is 0. The lowest BCUT2D eigenvalue weighted by Crippen LogP contribution is -2.01. The lowest BCUT2D eigenvalue weighted by atomic mass is 9.91. The summed E-state index contributed by atoms with van der Waals surface area (Å²) in [6.07, 6.45) is 11.0. The monoisotopic (exact) mass is 232 g/mol. The van der Waals surface area contributed by atoms with Crippen LogP contribution in [0.2, 0.25) is 0 Å². The molecule has 0 radical (unpaired) electrons. The first-order chi connectivity index (χ1) is 8.36.